The van der Waals surface area contributed by atoms with E-state index >= 15 is 0 Å². The number of rotatable bonds is 6. The third-order valence-corrected chi connectivity index (χ3v) is 2.78. The van der Waals surface area contributed by atoms with Gasteiger partial charge in [0.05, 0.1) is 12.1 Å². The second kappa shape index (κ2) is 7.27. The van der Waals surface area contributed by atoms with E-state index < -0.39 is 5.97 Å². The summed E-state index contributed by atoms with van der Waals surface area (Å²) in [4.78, 5) is 15.6. The minimum absolute atomic E-state index is 0.110. The summed E-state index contributed by atoms with van der Waals surface area (Å²) in [6.45, 7) is 0.317. The number of hydrogen-bond donors (Lipinski definition) is 0. The van der Waals surface area contributed by atoms with Gasteiger partial charge in [0, 0.05) is 18.0 Å². The normalized spacial score (nSPS) is 10.2. The molecule has 0 aliphatic carbocycles. The topological polar surface area (TPSA) is 48.4 Å². The Bertz CT molecular complexity index is 626. The molecule has 0 fully saturated rings. The quantitative estimate of drug-likeness (QED) is 0.457. The third-order valence-electron chi connectivity index (χ3n) is 2.78. The Balaban J connectivity index is 1.87. The summed E-state index contributed by atoms with van der Waals surface area (Å²) in [5.41, 5.74) is 2.04. The molecule has 0 aliphatic rings. The zero-order chi connectivity index (χ0) is 14.2. The number of carbonyl (C=O) groups excluding carboxylic acids is 1. The van der Waals surface area contributed by atoms with E-state index in [0.29, 0.717) is 13.0 Å². The number of carbonyl (C=O) groups is 1. The Kier molecular flexibility index (Phi) is 5.10. The molecular formula is C16H15NO3. The van der Waals surface area contributed by atoms with E-state index in [4.69, 9.17) is 15.9 Å². The first kappa shape index (κ1) is 14.0. The maximum atomic E-state index is 11.3. The fourth-order valence-corrected chi connectivity index (χ4v) is 1.89. The van der Waals surface area contributed by atoms with Crippen molar-refractivity contribution in [1.82, 2.24) is 4.98 Å². The molecule has 4 heteroatoms. The van der Waals surface area contributed by atoms with Crippen molar-refractivity contribution >= 4 is 16.9 Å². The molecule has 1 heterocycles. The molecule has 0 N–H and O–H groups in total. The lowest BCUT2D eigenvalue weighted by atomic mass is 10.1. The predicted octanol–water partition coefficient (Wildman–Crippen LogP) is 1.97. The van der Waals surface area contributed by atoms with Crippen molar-refractivity contribution in [2.45, 2.75) is 6.42 Å². The average molecular weight is 269 g/mol. The van der Waals surface area contributed by atoms with Crippen molar-refractivity contribution in [1.29, 1.82) is 0 Å². The summed E-state index contributed by atoms with van der Waals surface area (Å²) >= 11 is 0. The molecule has 0 unspecified atom stereocenters. The van der Waals surface area contributed by atoms with Crippen LogP contribution in [0.25, 0.3) is 10.9 Å². The highest BCUT2D eigenvalue weighted by molar-refractivity contribution is 5.82. The van der Waals surface area contributed by atoms with E-state index in [2.05, 4.69) is 10.9 Å². The monoisotopic (exact) mass is 269 g/mol. The lowest BCUT2D eigenvalue weighted by Crippen LogP contribution is -2.14. The maximum Gasteiger partial charge on any atom is 0.332 e. The van der Waals surface area contributed by atoms with Gasteiger partial charge < -0.3 is 9.47 Å². The van der Waals surface area contributed by atoms with Gasteiger partial charge in [0.2, 0.25) is 0 Å². The van der Waals surface area contributed by atoms with Crippen molar-refractivity contribution in [2.24, 2.45) is 0 Å². The lowest BCUT2D eigenvalue weighted by Gasteiger charge is -2.07. The van der Waals surface area contributed by atoms with Gasteiger partial charge in [0.15, 0.2) is 0 Å². The van der Waals surface area contributed by atoms with Crippen LogP contribution in [0.1, 0.15) is 5.56 Å². The van der Waals surface area contributed by atoms with Crippen molar-refractivity contribution in [2.75, 3.05) is 19.8 Å². The van der Waals surface area contributed by atoms with E-state index in [0.717, 1.165) is 16.5 Å². The first-order valence-electron chi connectivity index (χ1n) is 6.30. The van der Waals surface area contributed by atoms with E-state index in [1.54, 1.807) is 6.20 Å². The molecule has 0 aliphatic heterocycles. The van der Waals surface area contributed by atoms with Crippen LogP contribution in [0.5, 0.6) is 0 Å². The number of esters is 1. The number of fused-ring (bicyclic) bond motifs is 1. The van der Waals surface area contributed by atoms with Gasteiger partial charge in [0.1, 0.15) is 13.2 Å². The van der Waals surface area contributed by atoms with Gasteiger partial charge in [0.25, 0.3) is 0 Å². The highest BCUT2D eigenvalue weighted by Crippen LogP contribution is 2.16. The summed E-state index contributed by atoms with van der Waals surface area (Å²) in [5.74, 6) is 1.88. The number of hydrogen-bond acceptors (Lipinski definition) is 4. The van der Waals surface area contributed by atoms with Crippen molar-refractivity contribution in [3.63, 3.8) is 0 Å². The largest absolute Gasteiger partial charge is 0.464 e. The van der Waals surface area contributed by atoms with Crippen LogP contribution in [0, 0.1) is 12.3 Å². The predicted molar refractivity (Wildman–Crippen MR) is 76.1 cm³/mol. The second-order valence-electron chi connectivity index (χ2n) is 4.15. The Morgan fingerprint density at radius 3 is 3.05 bits per heavy atom. The number of benzene rings is 1. The Labute approximate surface area is 117 Å². The van der Waals surface area contributed by atoms with Crippen LogP contribution in [-0.2, 0) is 20.7 Å². The van der Waals surface area contributed by atoms with Crippen molar-refractivity contribution in [3.05, 3.63) is 42.1 Å². The summed E-state index contributed by atoms with van der Waals surface area (Å²) in [6, 6.07) is 9.81. The summed E-state index contributed by atoms with van der Waals surface area (Å²) in [6.07, 6.45) is 7.41. The summed E-state index contributed by atoms with van der Waals surface area (Å²) in [7, 11) is 0. The molecule has 1 aromatic heterocycles. The first-order chi connectivity index (χ1) is 9.81. The third kappa shape index (κ3) is 3.81. The number of pyridine rings is 1. The van der Waals surface area contributed by atoms with Gasteiger partial charge in [-0.1, -0.05) is 24.1 Å². The van der Waals surface area contributed by atoms with Crippen LogP contribution in [0.3, 0.4) is 0 Å². The molecule has 2 rings (SSSR count). The van der Waals surface area contributed by atoms with Crippen LogP contribution in [0.2, 0.25) is 0 Å². The van der Waals surface area contributed by atoms with Crippen molar-refractivity contribution in [3.8, 4) is 12.3 Å². The van der Waals surface area contributed by atoms with E-state index in [9.17, 15) is 4.79 Å². The Morgan fingerprint density at radius 2 is 2.20 bits per heavy atom. The molecule has 20 heavy (non-hydrogen) atoms. The molecule has 0 amide bonds. The zero-order valence-electron chi connectivity index (χ0n) is 11.0. The fourth-order valence-electron chi connectivity index (χ4n) is 1.89. The average Bonchev–Trinajstić information content (AvgIpc) is 2.48. The van der Waals surface area contributed by atoms with Crippen LogP contribution in [0.4, 0.5) is 0 Å². The first-order valence-corrected chi connectivity index (χ1v) is 6.30. The SMILES string of the molecule is C#CCOCC(=O)OCCc1cccc2ncccc12. The van der Waals surface area contributed by atoms with E-state index in [1.807, 2.05) is 30.3 Å². The molecule has 0 saturated carbocycles. The summed E-state index contributed by atoms with van der Waals surface area (Å²) < 4.78 is 9.99. The Morgan fingerprint density at radius 1 is 1.30 bits per heavy atom. The number of aromatic nitrogens is 1. The molecule has 2 aromatic rings. The minimum Gasteiger partial charge on any atom is -0.464 e. The Hall–Kier alpha value is -2.38. The van der Waals surface area contributed by atoms with Crippen LogP contribution >= 0.6 is 0 Å². The van der Waals surface area contributed by atoms with Crippen LogP contribution in [0.15, 0.2) is 36.5 Å². The molecule has 4 nitrogen and oxygen atoms in total. The molecule has 0 atom stereocenters. The molecule has 1 aromatic carbocycles. The number of terminal acetylenes is 1. The fraction of sp³-hybridized carbons (Fsp3) is 0.250. The van der Waals surface area contributed by atoms with Gasteiger partial charge in [-0.3, -0.25) is 4.98 Å². The van der Waals surface area contributed by atoms with Crippen molar-refractivity contribution < 1.29 is 14.3 Å². The van der Waals surface area contributed by atoms with Gasteiger partial charge in [-0.25, -0.2) is 4.79 Å². The van der Waals surface area contributed by atoms with Gasteiger partial charge in [-0.2, -0.15) is 0 Å². The van der Waals surface area contributed by atoms with Crippen LogP contribution in [-0.4, -0.2) is 30.8 Å². The smallest absolute Gasteiger partial charge is 0.332 e. The number of ether oxygens (including phenoxy) is 2. The standard InChI is InChI=1S/C16H15NO3/c1-2-10-19-12-16(18)20-11-8-13-5-3-7-15-14(13)6-4-9-17-15/h1,3-7,9H,8,10-12H2. The molecule has 0 saturated heterocycles. The zero-order valence-corrected chi connectivity index (χ0v) is 11.0. The minimum atomic E-state index is -0.404. The van der Waals surface area contributed by atoms with E-state index in [1.165, 1.54) is 0 Å². The molecule has 0 radical (unpaired) electrons. The highest BCUT2D eigenvalue weighted by Gasteiger charge is 2.05. The maximum absolute atomic E-state index is 11.3. The molecule has 102 valence electrons. The van der Waals surface area contributed by atoms with Gasteiger partial charge in [-0.15, -0.1) is 6.42 Å². The second-order valence-corrected chi connectivity index (χ2v) is 4.15. The van der Waals surface area contributed by atoms with Crippen LogP contribution < -0.4 is 0 Å². The lowest BCUT2D eigenvalue weighted by molar-refractivity contribution is -0.148. The molecule has 0 spiro atoms. The van der Waals surface area contributed by atoms with Gasteiger partial charge in [-0.05, 0) is 17.7 Å². The van der Waals surface area contributed by atoms with Gasteiger partial charge >= 0.3 is 5.97 Å². The van der Waals surface area contributed by atoms with E-state index in [-0.39, 0.29) is 13.2 Å². The number of nitrogens with zero attached hydrogens (tertiary/aromatic N) is 1. The molecular weight excluding hydrogens is 254 g/mol. The summed E-state index contributed by atoms with van der Waals surface area (Å²) in [5, 5.41) is 1.08. The molecule has 0 bridgehead atoms. The highest BCUT2D eigenvalue weighted by atomic mass is 16.6.